The van der Waals surface area contributed by atoms with E-state index in [-0.39, 0.29) is 5.13 Å². The Bertz CT molecular complexity index is 893. The van der Waals surface area contributed by atoms with E-state index in [2.05, 4.69) is 25.2 Å². The van der Waals surface area contributed by atoms with Crippen LogP contribution < -0.4 is 5.32 Å². The monoisotopic (exact) mass is 374 g/mol. The fourth-order valence-corrected chi connectivity index (χ4v) is 2.75. The van der Waals surface area contributed by atoms with Crippen LogP contribution in [0.25, 0.3) is 10.6 Å². The highest BCUT2D eigenvalue weighted by atomic mass is 35.5. The number of benzene rings is 1. The van der Waals surface area contributed by atoms with Gasteiger partial charge in [-0.3, -0.25) is 10.1 Å². The zero-order valence-corrected chi connectivity index (χ0v) is 13.0. The van der Waals surface area contributed by atoms with Crippen molar-refractivity contribution in [1.82, 2.24) is 15.4 Å². The highest BCUT2D eigenvalue weighted by Crippen LogP contribution is 2.32. The van der Waals surface area contributed by atoms with E-state index in [9.17, 15) is 18.0 Å². The molecule has 0 bridgehead atoms. The topological polar surface area (TPSA) is 80.9 Å². The van der Waals surface area contributed by atoms with E-state index < -0.39 is 23.5 Å². The van der Waals surface area contributed by atoms with Crippen molar-refractivity contribution in [3.05, 3.63) is 46.8 Å². The largest absolute Gasteiger partial charge is 0.436 e. The molecule has 0 saturated carbocycles. The molecule has 11 heteroatoms. The van der Waals surface area contributed by atoms with Crippen LogP contribution in [0.15, 0.2) is 34.9 Å². The normalized spacial score (nSPS) is 11.5. The van der Waals surface area contributed by atoms with Crippen molar-refractivity contribution in [2.75, 3.05) is 5.32 Å². The molecule has 1 aromatic carbocycles. The molecular formula is C13H6ClF3N4O2S. The van der Waals surface area contributed by atoms with Crippen molar-refractivity contribution in [3.8, 4) is 10.6 Å². The lowest BCUT2D eigenvalue weighted by molar-refractivity contribution is -0.142. The standard InChI is InChI=1S/C13H6ClF3N4O2S/c14-7-4-2-1-3-6(7)11-19-20-12(24-11)18-10(22)8-5-9(21-23-8)13(15,16)17/h1-5H,(H,18,20,22). The highest BCUT2D eigenvalue weighted by Gasteiger charge is 2.36. The predicted octanol–water partition coefficient (Wildman–Crippen LogP) is 4.12. The van der Waals surface area contributed by atoms with Gasteiger partial charge in [0.05, 0.1) is 5.02 Å². The van der Waals surface area contributed by atoms with Crippen LogP contribution in [0.5, 0.6) is 0 Å². The van der Waals surface area contributed by atoms with Crippen molar-refractivity contribution in [2.24, 2.45) is 0 Å². The molecule has 6 nitrogen and oxygen atoms in total. The second kappa shape index (κ2) is 6.21. The molecule has 124 valence electrons. The van der Waals surface area contributed by atoms with E-state index in [0.717, 1.165) is 11.3 Å². The Balaban J connectivity index is 1.76. The van der Waals surface area contributed by atoms with Crippen LogP contribution in [0.4, 0.5) is 18.3 Å². The van der Waals surface area contributed by atoms with Gasteiger partial charge in [-0.2, -0.15) is 13.2 Å². The lowest BCUT2D eigenvalue weighted by atomic mass is 10.2. The first kappa shape index (κ1) is 16.4. The second-order valence-corrected chi connectivity index (χ2v) is 5.81. The van der Waals surface area contributed by atoms with E-state index in [0.29, 0.717) is 21.7 Å². The minimum absolute atomic E-state index is 0.0832. The van der Waals surface area contributed by atoms with E-state index in [1.807, 2.05) is 0 Å². The van der Waals surface area contributed by atoms with Gasteiger partial charge in [-0.05, 0) is 6.07 Å². The first-order valence-electron chi connectivity index (χ1n) is 6.28. The third-order valence-electron chi connectivity index (χ3n) is 2.77. The number of aromatic nitrogens is 3. The Morgan fingerprint density at radius 2 is 2.00 bits per heavy atom. The number of hydrogen-bond acceptors (Lipinski definition) is 6. The Morgan fingerprint density at radius 1 is 1.25 bits per heavy atom. The first-order valence-corrected chi connectivity index (χ1v) is 7.47. The summed E-state index contributed by atoms with van der Waals surface area (Å²) in [4.78, 5) is 11.9. The zero-order valence-electron chi connectivity index (χ0n) is 11.5. The molecule has 0 atom stereocenters. The van der Waals surface area contributed by atoms with Gasteiger partial charge in [0.15, 0.2) is 10.7 Å². The third kappa shape index (κ3) is 3.39. The van der Waals surface area contributed by atoms with Gasteiger partial charge < -0.3 is 4.52 Å². The smallest absolute Gasteiger partial charge is 0.350 e. The molecule has 0 aliphatic heterocycles. The summed E-state index contributed by atoms with van der Waals surface area (Å²) in [5.41, 5.74) is -0.669. The molecule has 0 aliphatic carbocycles. The number of alkyl halides is 3. The molecule has 1 amide bonds. The molecule has 2 aromatic heterocycles. The number of hydrogen-bond donors (Lipinski definition) is 1. The molecule has 0 saturated heterocycles. The number of rotatable bonds is 3. The fourth-order valence-electron chi connectivity index (χ4n) is 1.69. The molecule has 2 heterocycles. The van der Waals surface area contributed by atoms with Crippen molar-refractivity contribution in [1.29, 1.82) is 0 Å². The fraction of sp³-hybridized carbons (Fsp3) is 0.0769. The van der Waals surface area contributed by atoms with Gasteiger partial charge in [0.1, 0.15) is 0 Å². The van der Waals surface area contributed by atoms with Crippen LogP contribution in [0.3, 0.4) is 0 Å². The van der Waals surface area contributed by atoms with E-state index in [4.69, 9.17) is 11.6 Å². The van der Waals surface area contributed by atoms with Crippen LogP contribution in [-0.2, 0) is 6.18 Å². The summed E-state index contributed by atoms with van der Waals surface area (Å²) in [6.07, 6.45) is -4.69. The summed E-state index contributed by atoms with van der Waals surface area (Å²) in [6.45, 7) is 0. The van der Waals surface area contributed by atoms with Crippen molar-refractivity contribution >= 4 is 34.0 Å². The number of halogens is 4. The lowest BCUT2D eigenvalue weighted by Gasteiger charge is -1.98. The highest BCUT2D eigenvalue weighted by molar-refractivity contribution is 7.18. The van der Waals surface area contributed by atoms with Gasteiger partial charge in [0.2, 0.25) is 10.9 Å². The Morgan fingerprint density at radius 3 is 2.67 bits per heavy atom. The van der Waals surface area contributed by atoms with Crippen molar-refractivity contribution < 1.29 is 22.5 Å². The van der Waals surface area contributed by atoms with Crippen LogP contribution in [0.2, 0.25) is 5.02 Å². The minimum Gasteiger partial charge on any atom is -0.350 e. The maximum atomic E-state index is 12.4. The summed E-state index contributed by atoms with van der Waals surface area (Å²) in [5, 5.41) is 13.7. The quantitative estimate of drug-likeness (QED) is 0.746. The summed E-state index contributed by atoms with van der Waals surface area (Å²) >= 11 is 7.05. The molecule has 0 unspecified atom stereocenters. The third-order valence-corrected chi connectivity index (χ3v) is 3.98. The summed E-state index contributed by atoms with van der Waals surface area (Å²) in [6, 6.07) is 7.40. The molecule has 3 rings (SSSR count). The molecule has 1 N–H and O–H groups in total. The maximum Gasteiger partial charge on any atom is 0.436 e. The SMILES string of the molecule is O=C(Nc1nnc(-c2ccccc2Cl)s1)c1cc(C(F)(F)F)no1. The molecule has 0 aliphatic rings. The number of carbonyl (C=O) groups excluding carboxylic acids is 1. The van der Waals surface area contributed by atoms with Gasteiger partial charge in [0, 0.05) is 11.6 Å². The van der Waals surface area contributed by atoms with Gasteiger partial charge in [0.25, 0.3) is 5.91 Å². The molecular weight excluding hydrogens is 369 g/mol. The van der Waals surface area contributed by atoms with E-state index >= 15 is 0 Å². The maximum absolute atomic E-state index is 12.4. The molecule has 0 fully saturated rings. The Hall–Kier alpha value is -2.46. The number of carbonyl (C=O) groups is 1. The number of anilines is 1. The van der Waals surface area contributed by atoms with Gasteiger partial charge >= 0.3 is 6.18 Å². The summed E-state index contributed by atoms with van der Waals surface area (Å²) in [7, 11) is 0. The number of nitrogens with zero attached hydrogens (tertiary/aromatic N) is 3. The zero-order chi connectivity index (χ0) is 17.3. The van der Waals surface area contributed by atoms with Crippen LogP contribution >= 0.6 is 22.9 Å². The van der Waals surface area contributed by atoms with Gasteiger partial charge in [-0.15, -0.1) is 10.2 Å². The van der Waals surface area contributed by atoms with E-state index in [1.165, 1.54) is 0 Å². The molecule has 24 heavy (non-hydrogen) atoms. The first-order chi connectivity index (χ1) is 11.3. The molecule has 0 spiro atoms. The van der Waals surface area contributed by atoms with Crippen LogP contribution in [-0.4, -0.2) is 21.3 Å². The Labute approximate surface area is 141 Å². The lowest BCUT2D eigenvalue weighted by Crippen LogP contribution is -2.11. The predicted molar refractivity (Wildman–Crippen MR) is 79.8 cm³/mol. The van der Waals surface area contributed by atoms with Gasteiger partial charge in [-0.25, -0.2) is 0 Å². The average Bonchev–Trinajstić information content (AvgIpc) is 3.16. The second-order valence-electron chi connectivity index (χ2n) is 4.42. The van der Waals surface area contributed by atoms with Crippen molar-refractivity contribution in [3.63, 3.8) is 0 Å². The van der Waals surface area contributed by atoms with Gasteiger partial charge in [-0.1, -0.05) is 46.3 Å². The van der Waals surface area contributed by atoms with Crippen LogP contribution in [0.1, 0.15) is 16.2 Å². The summed E-state index contributed by atoms with van der Waals surface area (Å²) in [5.74, 6) is -1.50. The molecule has 3 aromatic rings. The van der Waals surface area contributed by atoms with E-state index in [1.54, 1.807) is 24.3 Å². The van der Waals surface area contributed by atoms with Crippen molar-refractivity contribution in [2.45, 2.75) is 6.18 Å². The Kier molecular flexibility index (Phi) is 4.24. The minimum atomic E-state index is -4.69. The van der Waals surface area contributed by atoms with Crippen LogP contribution in [0, 0.1) is 0 Å². The average molecular weight is 375 g/mol. The number of nitrogens with one attached hydrogen (secondary N) is 1. The number of amides is 1. The summed E-state index contributed by atoms with van der Waals surface area (Å²) < 4.78 is 41.7. The molecule has 0 radical (unpaired) electrons.